The zero-order valence-corrected chi connectivity index (χ0v) is 14.6. The average Bonchev–Trinajstić information content (AvgIpc) is 3.26. The summed E-state index contributed by atoms with van der Waals surface area (Å²) >= 11 is 0. The van der Waals surface area contributed by atoms with E-state index in [0.29, 0.717) is 12.0 Å². The van der Waals surface area contributed by atoms with Gasteiger partial charge in [-0.1, -0.05) is 19.3 Å². The Labute approximate surface area is 140 Å². The molecule has 1 saturated heterocycles. The Hall–Kier alpha value is -0.810. The summed E-state index contributed by atoms with van der Waals surface area (Å²) in [6, 6.07) is 1.34. The normalized spacial score (nSPS) is 33.5. The standard InChI is InChI=1S/C18H34N4O/c1-2-19-18(20-12-14-6-5-9-17(14)23)21-15-10-11-22(13-15)16-7-3-4-8-16/h14-17,23H,2-13H2,1H3,(H2,19,20,21). The maximum atomic E-state index is 9.96. The summed E-state index contributed by atoms with van der Waals surface area (Å²) in [6.45, 7) is 6.12. The fourth-order valence-corrected chi connectivity index (χ4v) is 4.46. The van der Waals surface area contributed by atoms with E-state index >= 15 is 0 Å². The largest absolute Gasteiger partial charge is 0.393 e. The van der Waals surface area contributed by atoms with Crippen molar-refractivity contribution in [3.05, 3.63) is 0 Å². The van der Waals surface area contributed by atoms with E-state index in [2.05, 4.69) is 22.5 Å². The van der Waals surface area contributed by atoms with Crippen LogP contribution in [0.4, 0.5) is 0 Å². The van der Waals surface area contributed by atoms with Crippen molar-refractivity contribution >= 4 is 5.96 Å². The number of aliphatic hydroxyl groups excluding tert-OH is 1. The molecule has 3 rings (SSSR count). The molecular weight excluding hydrogens is 288 g/mol. The fraction of sp³-hybridized carbons (Fsp3) is 0.944. The van der Waals surface area contributed by atoms with E-state index in [-0.39, 0.29) is 6.10 Å². The van der Waals surface area contributed by atoms with Crippen molar-refractivity contribution in [3.8, 4) is 0 Å². The lowest BCUT2D eigenvalue weighted by Crippen LogP contribution is -2.45. The maximum absolute atomic E-state index is 9.96. The molecule has 0 amide bonds. The molecule has 3 aliphatic rings. The van der Waals surface area contributed by atoms with Crippen molar-refractivity contribution in [1.82, 2.24) is 15.5 Å². The highest BCUT2D eigenvalue weighted by Gasteiger charge is 2.30. The van der Waals surface area contributed by atoms with Gasteiger partial charge in [0.15, 0.2) is 5.96 Å². The molecule has 5 heteroatoms. The zero-order chi connectivity index (χ0) is 16.1. The number of aliphatic imine (C=N–C) groups is 1. The van der Waals surface area contributed by atoms with Crippen LogP contribution in [0.15, 0.2) is 4.99 Å². The molecule has 1 heterocycles. The number of nitrogens with zero attached hydrogens (tertiary/aromatic N) is 2. The van der Waals surface area contributed by atoms with Gasteiger partial charge in [0.2, 0.25) is 0 Å². The van der Waals surface area contributed by atoms with Gasteiger partial charge < -0.3 is 15.7 Å². The first kappa shape index (κ1) is 17.0. The lowest BCUT2D eigenvalue weighted by atomic mass is 10.1. The highest BCUT2D eigenvalue weighted by Crippen LogP contribution is 2.27. The lowest BCUT2D eigenvalue weighted by molar-refractivity contribution is 0.136. The first-order valence-electron chi connectivity index (χ1n) is 9.73. The summed E-state index contributed by atoms with van der Waals surface area (Å²) in [5.74, 6) is 1.29. The van der Waals surface area contributed by atoms with Crippen LogP contribution in [0, 0.1) is 5.92 Å². The highest BCUT2D eigenvalue weighted by atomic mass is 16.3. The van der Waals surface area contributed by atoms with E-state index in [1.54, 1.807) is 0 Å². The Bertz CT molecular complexity index is 394. The van der Waals surface area contributed by atoms with Gasteiger partial charge in [-0.25, -0.2) is 0 Å². The number of hydrogen-bond donors (Lipinski definition) is 3. The van der Waals surface area contributed by atoms with Gasteiger partial charge in [-0.2, -0.15) is 0 Å². The van der Waals surface area contributed by atoms with Crippen LogP contribution in [0.5, 0.6) is 0 Å². The number of nitrogens with one attached hydrogen (secondary N) is 2. The molecule has 3 unspecified atom stereocenters. The summed E-state index contributed by atoms with van der Waals surface area (Å²) in [7, 11) is 0. The second-order valence-corrected chi connectivity index (χ2v) is 7.54. The molecule has 5 nitrogen and oxygen atoms in total. The minimum atomic E-state index is -0.147. The predicted molar refractivity (Wildman–Crippen MR) is 94.7 cm³/mol. The molecule has 2 saturated carbocycles. The topological polar surface area (TPSA) is 59.9 Å². The molecule has 23 heavy (non-hydrogen) atoms. The molecule has 0 spiro atoms. The van der Waals surface area contributed by atoms with Crippen molar-refractivity contribution in [2.75, 3.05) is 26.2 Å². The van der Waals surface area contributed by atoms with Gasteiger partial charge in [-0.15, -0.1) is 0 Å². The molecule has 3 N–H and O–H groups in total. The molecule has 3 fully saturated rings. The Morgan fingerprint density at radius 1 is 1.13 bits per heavy atom. The van der Waals surface area contributed by atoms with Crippen molar-refractivity contribution in [1.29, 1.82) is 0 Å². The van der Waals surface area contributed by atoms with Crippen LogP contribution in [0.3, 0.4) is 0 Å². The highest BCUT2D eigenvalue weighted by molar-refractivity contribution is 5.80. The van der Waals surface area contributed by atoms with E-state index in [1.165, 1.54) is 38.6 Å². The Morgan fingerprint density at radius 2 is 1.96 bits per heavy atom. The third-order valence-electron chi connectivity index (χ3n) is 5.85. The first-order valence-corrected chi connectivity index (χ1v) is 9.73. The molecule has 2 aliphatic carbocycles. The fourth-order valence-electron chi connectivity index (χ4n) is 4.46. The van der Waals surface area contributed by atoms with E-state index in [1.807, 2.05) is 0 Å². The summed E-state index contributed by atoms with van der Waals surface area (Å²) in [6.07, 6.45) is 9.87. The van der Waals surface area contributed by atoms with E-state index in [0.717, 1.165) is 50.9 Å². The Kier molecular flexibility index (Phi) is 6.17. The number of aliphatic hydroxyl groups is 1. The van der Waals surface area contributed by atoms with Crippen LogP contribution >= 0.6 is 0 Å². The molecular formula is C18H34N4O. The summed E-state index contributed by atoms with van der Waals surface area (Å²) in [4.78, 5) is 7.42. The van der Waals surface area contributed by atoms with E-state index in [9.17, 15) is 5.11 Å². The second kappa shape index (κ2) is 8.34. The number of likely N-dealkylation sites (tertiary alicyclic amines) is 1. The lowest BCUT2D eigenvalue weighted by Gasteiger charge is -2.24. The molecule has 132 valence electrons. The smallest absolute Gasteiger partial charge is 0.191 e. The molecule has 0 aromatic carbocycles. The van der Waals surface area contributed by atoms with Gasteiger partial charge in [0.1, 0.15) is 0 Å². The van der Waals surface area contributed by atoms with Gasteiger partial charge in [0, 0.05) is 44.2 Å². The Balaban J connectivity index is 1.48. The van der Waals surface area contributed by atoms with Crippen LogP contribution < -0.4 is 10.6 Å². The zero-order valence-electron chi connectivity index (χ0n) is 14.6. The monoisotopic (exact) mass is 322 g/mol. The molecule has 0 bridgehead atoms. The first-order chi connectivity index (χ1) is 11.3. The minimum Gasteiger partial charge on any atom is -0.393 e. The molecule has 1 aliphatic heterocycles. The van der Waals surface area contributed by atoms with Crippen LogP contribution in [-0.4, -0.2) is 60.3 Å². The van der Waals surface area contributed by atoms with Crippen molar-refractivity contribution in [2.24, 2.45) is 10.9 Å². The average molecular weight is 322 g/mol. The van der Waals surface area contributed by atoms with Crippen molar-refractivity contribution in [3.63, 3.8) is 0 Å². The van der Waals surface area contributed by atoms with Crippen LogP contribution in [-0.2, 0) is 0 Å². The van der Waals surface area contributed by atoms with Gasteiger partial charge in [-0.3, -0.25) is 9.89 Å². The van der Waals surface area contributed by atoms with Crippen LogP contribution in [0.1, 0.15) is 58.3 Å². The molecule has 0 aromatic rings. The van der Waals surface area contributed by atoms with Crippen molar-refractivity contribution in [2.45, 2.75) is 76.5 Å². The molecule has 0 radical (unpaired) electrons. The summed E-state index contributed by atoms with van der Waals surface area (Å²) in [5, 5.41) is 17.0. The third kappa shape index (κ3) is 4.60. The minimum absolute atomic E-state index is 0.147. The van der Waals surface area contributed by atoms with Gasteiger partial charge in [0.25, 0.3) is 0 Å². The maximum Gasteiger partial charge on any atom is 0.191 e. The molecule has 3 atom stereocenters. The van der Waals surface area contributed by atoms with Crippen LogP contribution in [0.25, 0.3) is 0 Å². The second-order valence-electron chi connectivity index (χ2n) is 7.54. The van der Waals surface area contributed by atoms with Crippen molar-refractivity contribution < 1.29 is 5.11 Å². The summed E-state index contributed by atoms with van der Waals surface area (Å²) < 4.78 is 0. The number of rotatable bonds is 5. The quantitative estimate of drug-likeness (QED) is 0.533. The number of hydrogen-bond acceptors (Lipinski definition) is 3. The van der Waals surface area contributed by atoms with E-state index in [4.69, 9.17) is 4.99 Å². The van der Waals surface area contributed by atoms with Crippen LogP contribution in [0.2, 0.25) is 0 Å². The van der Waals surface area contributed by atoms with Gasteiger partial charge >= 0.3 is 0 Å². The predicted octanol–water partition coefficient (Wildman–Crippen LogP) is 1.72. The SMILES string of the molecule is CCNC(=NCC1CCCC1O)NC1CCN(C2CCCC2)C1. The summed E-state index contributed by atoms with van der Waals surface area (Å²) in [5.41, 5.74) is 0. The van der Waals surface area contributed by atoms with Gasteiger partial charge in [0.05, 0.1) is 6.10 Å². The third-order valence-corrected chi connectivity index (χ3v) is 5.85. The van der Waals surface area contributed by atoms with E-state index < -0.39 is 0 Å². The number of guanidine groups is 1. The molecule has 0 aromatic heterocycles. The Morgan fingerprint density at radius 3 is 2.65 bits per heavy atom. The van der Waals surface area contributed by atoms with Gasteiger partial charge in [-0.05, 0) is 39.0 Å².